The molecule has 0 aliphatic heterocycles. The Morgan fingerprint density at radius 3 is 2.37 bits per heavy atom. The van der Waals surface area contributed by atoms with Gasteiger partial charge in [-0.1, -0.05) is 30.9 Å². The lowest BCUT2D eigenvalue weighted by molar-refractivity contribution is 0.0997. The van der Waals surface area contributed by atoms with E-state index in [1.807, 2.05) is 19.1 Å². The number of fused-ring (bicyclic) bond motifs is 1. The van der Waals surface area contributed by atoms with Crippen molar-refractivity contribution in [3.05, 3.63) is 101 Å². The highest BCUT2D eigenvalue weighted by atomic mass is 16.5. The topological polar surface area (TPSA) is 154 Å². The van der Waals surface area contributed by atoms with E-state index in [0.29, 0.717) is 22.5 Å². The fourth-order valence-electron chi connectivity index (χ4n) is 2.99. The average Bonchev–Trinajstić information content (AvgIpc) is 2.84. The van der Waals surface area contributed by atoms with E-state index < -0.39 is 5.91 Å². The van der Waals surface area contributed by atoms with Crippen LogP contribution in [-0.4, -0.2) is 26.0 Å². The van der Waals surface area contributed by atoms with Gasteiger partial charge < -0.3 is 30.7 Å². The molecule has 0 atom stereocenters. The average molecular weight is 477 g/mol. The molecule has 0 unspecified atom stereocenters. The molecule has 9 nitrogen and oxygen atoms in total. The van der Waals surface area contributed by atoms with Gasteiger partial charge in [-0.3, -0.25) is 15.0 Å². The molecular formula is C26H28N4O5. The van der Waals surface area contributed by atoms with Gasteiger partial charge in [0, 0.05) is 23.4 Å². The van der Waals surface area contributed by atoms with E-state index in [9.17, 15) is 9.59 Å². The van der Waals surface area contributed by atoms with Gasteiger partial charge in [-0.25, -0.2) is 0 Å². The fourth-order valence-corrected chi connectivity index (χ4v) is 2.99. The van der Waals surface area contributed by atoms with Crippen LogP contribution in [0.5, 0.6) is 11.5 Å². The van der Waals surface area contributed by atoms with Crippen molar-refractivity contribution in [2.24, 2.45) is 11.5 Å². The van der Waals surface area contributed by atoms with Crippen molar-refractivity contribution in [2.45, 2.75) is 6.92 Å². The van der Waals surface area contributed by atoms with E-state index in [0.717, 1.165) is 11.8 Å². The minimum Gasteiger partial charge on any atom is -0.493 e. The SMILES string of the molecule is C=C/C=C(N)\C=C/C.COc1cc(NC(=O)c2cc(=O)c3ccccc3o2)c(C(=N)N)cc1OC. The number of hydrogen-bond acceptors (Lipinski definition) is 7. The van der Waals surface area contributed by atoms with E-state index in [1.54, 1.807) is 36.4 Å². The Labute approximate surface area is 202 Å². The predicted octanol–water partition coefficient (Wildman–Crippen LogP) is 3.94. The summed E-state index contributed by atoms with van der Waals surface area (Å²) in [6, 6.07) is 10.7. The summed E-state index contributed by atoms with van der Waals surface area (Å²) in [5, 5.41) is 10.7. The summed E-state index contributed by atoms with van der Waals surface area (Å²) >= 11 is 0. The fraction of sp³-hybridized carbons (Fsp3) is 0.115. The number of benzene rings is 2. The first-order valence-corrected chi connectivity index (χ1v) is 10.4. The molecule has 0 aliphatic carbocycles. The van der Waals surface area contributed by atoms with Gasteiger partial charge in [0.2, 0.25) is 0 Å². The number of amidine groups is 1. The van der Waals surface area contributed by atoms with Crippen molar-refractivity contribution >= 4 is 28.4 Å². The van der Waals surface area contributed by atoms with Crippen LogP contribution in [0.1, 0.15) is 23.0 Å². The number of para-hydroxylation sites is 1. The first-order chi connectivity index (χ1) is 16.7. The number of ether oxygens (including phenoxy) is 2. The molecule has 1 aromatic heterocycles. The number of allylic oxidation sites excluding steroid dienone is 4. The largest absolute Gasteiger partial charge is 0.493 e. The molecule has 0 bridgehead atoms. The number of rotatable bonds is 7. The number of methoxy groups -OCH3 is 2. The molecule has 0 saturated heterocycles. The van der Waals surface area contributed by atoms with Gasteiger partial charge >= 0.3 is 0 Å². The van der Waals surface area contributed by atoms with Crippen LogP contribution in [0.2, 0.25) is 0 Å². The zero-order chi connectivity index (χ0) is 26.0. The number of anilines is 1. The molecule has 0 saturated carbocycles. The van der Waals surface area contributed by atoms with Gasteiger partial charge in [0.1, 0.15) is 11.4 Å². The number of nitrogens with one attached hydrogen (secondary N) is 2. The molecule has 0 fully saturated rings. The van der Waals surface area contributed by atoms with E-state index in [4.69, 9.17) is 30.8 Å². The highest BCUT2D eigenvalue weighted by Gasteiger charge is 2.18. The summed E-state index contributed by atoms with van der Waals surface area (Å²) in [4.78, 5) is 24.8. The number of carbonyl (C=O) groups is 1. The van der Waals surface area contributed by atoms with Crippen molar-refractivity contribution < 1.29 is 18.7 Å². The highest BCUT2D eigenvalue weighted by molar-refractivity contribution is 6.09. The number of hydrogen-bond donors (Lipinski definition) is 4. The standard InChI is InChI=1S/C19H17N3O5.C7H11N/c1-25-15-7-11(18(20)21)12(8-16(15)26-2)22-19(24)17-9-13(23)10-5-3-4-6-14(10)27-17;1-3-5-7(8)6-4-2/h3-9H,1-2H3,(H3,20,21)(H,22,24);3-6H,1,8H2,2H3/b;6-4-,7-5+. The summed E-state index contributed by atoms with van der Waals surface area (Å²) in [7, 11) is 2.89. The molecule has 182 valence electrons. The number of nitrogens with two attached hydrogens (primary N) is 2. The van der Waals surface area contributed by atoms with E-state index in [-0.39, 0.29) is 28.3 Å². The summed E-state index contributed by atoms with van der Waals surface area (Å²) in [6.07, 6.45) is 7.12. The Kier molecular flexibility index (Phi) is 9.41. The molecule has 3 aromatic rings. The van der Waals surface area contributed by atoms with Crippen LogP contribution in [0.4, 0.5) is 5.69 Å². The third-order valence-electron chi connectivity index (χ3n) is 4.59. The Morgan fingerprint density at radius 2 is 1.77 bits per heavy atom. The van der Waals surface area contributed by atoms with Crippen LogP contribution in [-0.2, 0) is 0 Å². The first kappa shape index (κ1) is 26.5. The third kappa shape index (κ3) is 6.84. The van der Waals surface area contributed by atoms with Gasteiger partial charge in [-0.05, 0) is 37.3 Å². The minimum atomic E-state index is -0.660. The minimum absolute atomic E-state index is 0.164. The predicted molar refractivity (Wildman–Crippen MR) is 138 cm³/mol. The smallest absolute Gasteiger partial charge is 0.291 e. The Hall–Kier alpha value is -4.79. The van der Waals surface area contributed by atoms with Gasteiger partial charge in [-0.15, -0.1) is 0 Å². The van der Waals surface area contributed by atoms with Gasteiger partial charge in [0.05, 0.1) is 25.3 Å². The summed E-state index contributed by atoms with van der Waals surface area (Å²) in [5.74, 6) is -0.391. The summed E-state index contributed by atoms with van der Waals surface area (Å²) < 4.78 is 15.9. The zero-order valence-electron chi connectivity index (χ0n) is 19.8. The summed E-state index contributed by atoms with van der Waals surface area (Å²) in [6.45, 7) is 5.41. The maximum absolute atomic E-state index is 12.6. The molecule has 1 heterocycles. The van der Waals surface area contributed by atoms with Crippen molar-refractivity contribution in [1.29, 1.82) is 5.41 Å². The lowest BCUT2D eigenvalue weighted by Crippen LogP contribution is -2.19. The van der Waals surface area contributed by atoms with Gasteiger partial charge in [0.15, 0.2) is 22.7 Å². The highest BCUT2D eigenvalue weighted by Crippen LogP contribution is 2.33. The van der Waals surface area contributed by atoms with Crippen LogP contribution in [0.25, 0.3) is 11.0 Å². The lowest BCUT2D eigenvalue weighted by Gasteiger charge is -2.15. The quantitative estimate of drug-likeness (QED) is 0.229. The van der Waals surface area contributed by atoms with Crippen molar-refractivity contribution in [3.8, 4) is 11.5 Å². The Bertz CT molecular complexity index is 1360. The maximum atomic E-state index is 12.6. The first-order valence-electron chi connectivity index (χ1n) is 10.4. The second kappa shape index (κ2) is 12.4. The summed E-state index contributed by atoms with van der Waals surface area (Å²) in [5.41, 5.74) is 12.2. The molecule has 9 heteroatoms. The molecule has 0 radical (unpaired) electrons. The molecule has 0 spiro atoms. The van der Waals surface area contributed by atoms with Crippen LogP contribution >= 0.6 is 0 Å². The van der Waals surface area contributed by atoms with E-state index in [2.05, 4.69) is 11.9 Å². The van der Waals surface area contributed by atoms with E-state index >= 15 is 0 Å². The van der Waals surface area contributed by atoms with Gasteiger partial charge in [0.25, 0.3) is 5.91 Å². The maximum Gasteiger partial charge on any atom is 0.291 e. The second-order valence-corrected chi connectivity index (χ2v) is 6.99. The van der Waals surface area contributed by atoms with Gasteiger partial charge in [-0.2, -0.15) is 0 Å². The lowest BCUT2D eigenvalue weighted by atomic mass is 10.1. The molecule has 35 heavy (non-hydrogen) atoms. The Morgan fingerprint density at radius 1 is 1.11 bits per heavy atom. The third-order valence-corrected chi connectivity index (χ3v) is 4.59. The van der Waals surface area contributed by atoms with Crippen molar-refractivity contribution in [1.82, 2.24) is 0 Å². The van der Waals surface area contributed by atoms with Crippen LogP contribution in [0.15, 0.2) is 88.3 Å². The molecule has 0 aliphatic rings. The zero-order valence-corrected chi connectivity index (χ0v) is 19.8. The van der Waals surface area contributed by atoms with Crippen LogP contribution in [0, 0.1) is 5.41 Å². The van der Waals surface area contributed by atoms with Crippen LogP contribution in [0.3, 0.4) is 0 Å². The monoisotopic (exact) mass is 476 g/mol. The molecule has 6 N–H and O–H groups in total. The second-order valence-electron chi connectivity index (χ2n) is 6.99. The molecular weight excluding hydrogens is 448 g/mol. The normalized spacial score (nSPS) is 10.9. The number of nitrogen functional groups attached to an aromatic ring is 1. The van der Waals surface area contributed by atoms with Crippen molar-refractivity contribution in [3.63, 3.8) is 0 Å². The van der Waals surface area contributed by atoms with Crippen molar-refractivity contribution in [2.75, 3.05) is 19.5 Å². The number of amides is 1. The van der Waals surface area contributed by atoms with E-state index in [1.165, 1.54) is 26.4 Å². The molecule has 3 rings (SSSR count). The number of carbonyl (C=O) groups excluding carboxylic acids is 1. The molecule has 2 aromatic carbocycles. The van der Waals surface area contributed by atoms with Crippen LogP contribution < -0.4 is 31.7 Å². The molecule has 1 amide bonds. The Balaban J connectivity index is 0.000000466.